The van der Waals surface area contributed by atoms with E-state index in [4.69, 9.17) is 15.3 Å². The van der Waals surface area contributed by atoms with Gasteiger partial charge in [0.25, 0.3) is 0 Å². The number of rotatable bonds is 2. The fourth-order valence-electron chi connectivity index (χ4n) is 1.21. The summed E-state index contributed by atoms with van der Waals surface area (Å²) in [6.07, 6.45) is 2.07. The first kappa shape index (κ1) is 7.57. The fourth-order valence-corrected chi connectivity index (χ4v) is 1.21. The Balaban J connectivity index is 1.92. The molecule has 5 heteroatoms. The van der Waals surface area contributed by atoms with Gasteiger partial charge in [-0.25, -0.2) is 0 Å². The Morgan fingerprint density at radius 2 is 2.42 bits per heavy atom. The van der Waals surface area contributed by atoms with E-state index in [0.29, 0.717) is 6.42 Å². The third kappa shape index (κ3) is 1.28. The minimum absolute atomic E-state index is 0.0795. The van der Waals surface area contributed by atoms with Gasteiger partial charge in [-0.1, -0.05) is 0 Å². The Hall–Kier alpha value is -1.07. The van der Waals surface area contributed by atoms with Crippen LogP contribution in [-0.2, 0) is 15.9 Å². The Morgan fingerprint density at radius 1 is 1.67 bits per heavy atom. The number of nitrogens with zero attached hydrogens (tertiary/aromatic N) is 2. The number of nitrogens with two attached hydrogens (primary N) is 1. The number of ether oxygens (including phenoxy) is 2. The summed E-state index contributed by atoms with van der Waals surface area (Å²) >= 11 is 0. The van der Waals surface area contributed by atoms with Crippen molar-refractivity contribution in [3.05, 3.63) is 18.0 Å². The molecule has 1 fully saturated rings. The number of nitrogen functional groups attached to an aromatic ring is 1. The highest BCUT2D eigenvalue weighted by Gasteiger charge is 2.27. The van der Waals surface area contributed by atoms with Gasteiger partial charge >= 0.3 is 0 Å². The molecule has 2 N–H and O–H groups in total. The van der Waals surface area contributed by atoms with Gasteiger partial charge in [0, 0.05) is 6.42 Å². The zero-order chi connectivity index (χ0) is 8.55. The molecule has 0 spiro atoms. The second kappa shape index (κ2) is 2.76. The smallest absolute Gasteiger partial charge is 0.169 e. The Bertz CT molecular complexity index is 267. The molecule has 0 aliphatic carbocycles. The predicted octanol–water partition coefficient (Wildman–Crippen LogP) is -0.142. The third-order valence-corrected chi connectivity index (χ3v) is 1.81. The lowest BCUT2D eigenvalue weighted by Crippen LogP contribution is -2.40. The van der Waals surface area contributed by atoms with Crippen molar-refractivity contribution < 1.29 is 9.47 Å². The van der Waals surface area contributed by atoms with Gasteiger partial charge in [-0.3, -0.25) is 0 Å². The molecule has 5 nitrogen and oxygen atoms in total. The molecule has 0 saturated carbocycles. The largest absolute Gasteiger partial charge is 0.324 e. The normalized spacial score (nSPS) is 28.4. The average molecular weight is 169 g/mol. The van der Waals surface area contributed by atoms with Gasteiger partial charge in [0.2, 0.25) is 0 Å². The van der Waals surface area contributed by atoms with Crippen LogP contribution < -0.4 is 5.84 Å². The maximum atomic E-state index is 5.50. The van der Waals surface area contributed by atoms with Crippen molar-refractivity contribution >= 4 is 0 Å². The standard InChI is InChI=1S/C7H11N3O2/c1-5-11-7(12-5)4-6-2-3-9-10(6)8/h2-3,5,7H,4,8H2,1H3. The number of aromatic nitrogens is 2. The maximum absolute atomic E-state index is 5.50. The van der Waals surface area contributed by atoms with E-state index in [1.807, 2.05) is 13.0 Å². The fraction of sp³-hybridized carbons (Fsp3) is 0.571. The monoisotopic (exact) mass is 169 g/mol. The molecule has 12 heavy (non-hydrogen) atoms. The Kier molecular flexibility index (Phi) is 1.74. The third-order valence-electron chi connectivity index (χ3n) is 1.81. The molecule has 1 aliphatic heterocycles. The van der Waals surface area contributed by atoms with E-state index < -0.39 is 0 Å². The summed E-state index contributed by atoms with van der Waals surface area (Å²) in [4.78, 5) is 1.33. The molecule has 1 aliphatic rings. The Labute approximate surface area is 70.0 Å². The van der Waals surface area contributed by atoms with E-state index in [2.05, 4.69) is 5.10 Å². The highest BCUT2D eigenvalue weighted by Crippen LogP contribution is 2.19. The van der Waals surface area contributed by atoms with Gasteiger partial charge in [0.1, 0.15) is 0 Å². The molecular weight excluding hydrogens is 158 g/mol. The summed E-state index contributed by atoms with van der Waals surface area (Å²) in [5.74, 6) is 5.50. The molecule has 1 saturated heterocycles. The summed E-state index contributed by atoms with van der Waals surface area (Å²) in [5, 5.41) is 3.83. The molecule has 0 unspecified atom stereocenters. The molecule has 66 valence electrons. The van der Waals surface area contributed by atoms with Crippen LogP contribution in [0.1, 0.15) is 12.6 Å². The second-order valence-electron chi connectivity index (χ2n) is 2.74. The van der Waals surface area contributed by atoms with Gasteiger partial charge in [-0.2, -0.15) is 9.89 Å². The van der Waals surface area contributed by atoms with Gasteiger partial charge in [-0.05, 0) is 13.0 Å². The molecule has 0 amide bonds. The zero-order valence-electron chi connectivity index (χ0n) is 6.80. The van der Waals surface area contributed by atoms with Gasteiger partial charge < -0.3 is 15.3 Å². The average Bonchev–Trinajstić information content (AvgIpc) is 2.33. The van der Waals surface area contributed by atoms with Gasteiger partial charge in [-0.15, -0.1) is 0 Å². The summed E-state index contributed by atoms with van der Waals surface area (Å²) < 4.78 is 10.5. The van der Waals surface area contributed by atoms with Crippen molar-refractivity contribution in [1.29, 1.82) is 0 Å². The first-order chi connectivity index (χ1) is 5.75. The quantitative estimate of drug-likeness (QED) is 0.626. The van der Waals surface area contributed by atoms with Crippen LogP contribution in [0.2, 0.25) is 0 Å². The van der Waals surface area contributed by atoms with Crippen molar-refractivity contribution in [2.45, 2.75) is 25.9 Å². The molecular formula is C7H11N3O2. The molecule has 1 aromatic rings. The molecule has 2 heterocycles. The van der Waals surface area contributed by atoms with Crippen LogP contribution in [0, 0.1) is 0 Å². The predicted molar refractivity (Wildman–Crippen MR) is 41.5 cm³/mol. The summed E-state index contributed by atoms with van der Waals surface area (Å²) in [7, 11) is 0. The Morgan fingerprint density at radius 3 is 2.92 bits per heavy atom. The van der Waals surface area contributed by atoms with E-state index in [1.54, 1.807) is 6.20 Å². The van der Waals surface area contributed by atoms with Crippen molar-refractivity contribution in [2.75, 3.05) is 5.84 Å². The molecule has 0 atom stereocenters. The minimum atomic E-state index is -0.154. The van der Waals surface area contributed by atoms with Crippen molar-refractivity contribution in [3.63, 3.8) is 0 Å². The van der Waals surface area contributed by atoms with Crippen LogP contribution in [0.5, 0.6) is 0 Å². The molecule has 0 radical (unpaired) electrons. The van der Waals surface area contributed by atoms with E-state index in [0.717, 1.165) is 5.69 Å². The van der Waals surface area contributed by atoms with Crippen molar-refractivity contribution in [1.82, 2.24) is 9.89 Å². The number of hydrogen-bond donors (Lipinski definition) is 1. The van der Waals surface area contributed by atoms with Crippen LogP contribution in [-0.4, -0.2) is 22.5 Å². The van der Waals surface area contributed by atoms with Crippen molar-refractivity contribution in [3.8, 4) is 0 Å². The lowest BCUT2D eigenvalue weighted by Gasteiger charge is -2.33. The topological polar surface area (TPSA) is 62.3 Å². The highest BCUT2D eigenvalue weighted by molar-refractivity contribution is 5.01. The molecule has 0 bridgehead atoms. The zero-order valence-corrected chi connectivity index (χ0v) is 6.80. The van der Waals surface area contributed by atoms with E-state index in [-0.39, 0.29) is 12.6 Å². The summed E-state index contributed by atoms with van der Waals surface area (Å²) in [5.41, 5.74) is 0.909. The summed E-state index contributed by atoms with van der Waals surface area (Å²) in [6.45, 7) is 1.86. The van der Waals surface area contributed by atoms with Crippen LogP contribution in [0.4, 0.5) is 0 Å². The first-order valence-electron chi connectivity index (χ1n) is 3.84. The molecule has 1 aromatic heterocycles. The lowest BCUT2D eigenvalue weighted by molar-refractivity contribution is -0.374. The highest BCUT2D eigenvalue weighted by atomic mass is 16.9. The minimum Gasteiger partial charge on any atom is -0.324 e. The van der Waals surface area contributed by atoms with Crippen molar-refractivity contribution in [2.24, 2.45) is 0 Å². The van der Waals surface area contributed by atoms with E-state index >= 15 is 0 Å². The van der Waals surface area contributed by atoms with E-state index in [1.165, 1.54) is 4.79 Å². The maximum Gasteiger partial charge on any atom is 0.169 e. The van der Waals surface area contributed by atoms with Crippen LogP contribution in [0.25, 0.3) is 0 Å². The van der Waals surface area contributed by atoms with Crippen LogP contribution in [0.3, 0.4) is 0 Å². The van der Waals surface area contributed by atoms with Gasteiger partial charge in [0.05, 0.1) is 11.9 Å². The van der Waals surface area contributed by atoms with E-state index in [9.17, 15) is 0 Å². The summed E-state index contributed by atoms with van der Waals surface area (Å²) in [6, 6.07) is 1.84. The van der Waals surface area contributed by atoms with Gasteiger partial charge in [0.15, 0.2) is 12.6 Å². The lowest BCUT2D eigenvalue weighted by atomic mass is 10.3. The first-order valence-corrected chi connectivity index (χ1v) is 3.84. The second-order valence-corrected chi connectivity index (χ2v) is 2.74. The van der Waals surface area contributed by atoms with Crippen LogP contribution >= 0.6 is 0 Å². The SMILES string of the molecule is CC1OC(Cc2ccnn2N)O1. The van der Waals surface area contributed by atoms with Crippen LogP contribution in [0.15, 0.2) is 12.3 Å². The molecule has 0 aromatic carbocycles. The number of hydrogen-bond acceptors (Lipinski definition) is 4. The molecule has 2 rings (SSSR count).